The molecule has 2 rings (SSSR count). The monoisotopic (exact) mass is 265 g/mol. The maximum absolute atomic E-state index is 11.9. The Labute approximate surface area is 112 Å². The quantitative estimate of drug-likeness (QED) is 0.796. The Hall–Kier alpha value is -1.73. The molecule has 19 heavy (non-hydrogen) atoms. The first kappa shape index (κ1) is 13.7. The maximum Gasteiger partial charge on any atom is 0.286 e. The Morgan fingerprint density at radius 1 is 1.37 bits per heavy atom. The minimum absolute atomic E-state index is 0.239. The SMILES string of the molecule is CCCNc1ccc(C(=O)NN2CCOCC2)nn1. The van der Waals surface area contributed by atoms with Gasteiger partial charge in [0.25, 0.3) is 5.91 Å². The molecule has 1 aromatic heterocycles. The van der Waals surface area contributed by atoms with E-state index in [9.17, 15) is 4.79 Å². The standard InChI is InChI=1S/C12H19N5O2/c1-2-5-13-11-4-3-10(14-15-11)12(18)16-17-6-8-19-9-7-17/h3-4H,2,5-9H2,1H3,(H,13,15)(H,16,18). The third-order valence-corrected chi connectivity index (χ3v) is 2.72. The smallest absolute Gasteiger partial charge is 0.286 e. The van der Waals surface area contributed by atoms with Crippen molar-refractivity contribution in [2.75, 3.05) is 38.2 Å². The summed E-state index contributed by atoms with van der Waals surface area (Å²) in [5.74, 6) is 0.446. The zero-order valence-corrected chi connectivity index (χ0v) is 11.1. The van der Waals surface area contributed by atoms with E-state index in [1.807, 2.05) is 5.01 Å². The second kappa shape index (κ2) is 7.01. The normalized spacial score (nSPS) is 16.1. The van der Waals surface area contributed by atoms with Crippen molar-refractivity contribution >= 4 is 11.7 Å². The first-order valence-corrected chi connectivity index (χ1v) is 6.51. The molecule has 0 aromatic carbocycles. The fraction of sp³-hybridized carbons (Fsp3) is 0.583. The highest BCUT2D eigenvalue weighted by Gasteiger charge is 2.15. The predicted molar refractivity (Wildman–Crippen MR) is 70.7 cm³/mol. The van der Waals surface area contributed by atoms with Crippen LogP contribution < -0.4 is 10.7 Å². The molecule has 0 atom stereocenters. The van der Waals surface area contributed by atoms with E-state index < -0.39 is 0 Å². The highest BCUT2D eigenvalue weighted by atomic mass is 16.5. The summed E-state index contributed by atoms with van der Waals surface area (Å²) in [5, 5.41) is 12.8. The molecule has 7 nitrogen and oxygen atoms in total. The summed E-state index contributed by atoms with van der Waals surface area (Å²) in [6, 6.07) is 3.43. The Morgan fingerprint density at radius 3 is 2.79 bits per heavy atom. The van der Waals surface area contributed by atoms with E-state index in [0.29, 0.717) is 37.8 Å². The third kappa shape index (κ3) is 4.15. The van der Waals surface area contributed by atoms with Crippen molar-refractivity contribution in [2.45, 2.75) is 13.3 Å². The lowest BCUT2D eigenvalue weighted by atomic mass is 10.3. The summed E-state index contributed by atoms with van der Waals surface area (Å²) in [6.45, 7) is 5.56. The molecular formula is C12H19N5O2. The van der Waals surface area contributed by atoms with Gasteiger partial charge >= 0.3 is 0 Å². The van der Waals surface area contributed by atoms with Crippen LogP contribution in [0.3, 0.4) is 0 Å². The molecule has 7 heteroatoms. The van der Waals surface area contributed by atoms with Gasteiger partial charge < -0.3 is 10.1 Å². The number of ether oxygens (including phenoxy) is 1. The molecule has 1 aliphatic heterocycles. The van der Waals surface area contributed by atoms with Gasteiger partial charge in [-0.1, -0.05) is 6.92 Å². The van der Waals surface area contributed by atoms with Crippen LogP contribution in [0.15, 0.2) is 12.1 Å². The lowest BCUT2D eigenvalue weighted by Crippen LogP contribution is -2.48. The van der Waals surface area contributed by atoms with E-state index in [1.165, 1.54) is 0 Å². The van der Waals surface area contributed by atoms with Gasteiger partial charge in [0, 0.05) is 19.6 Å². The van der Waals surface area contributed by atoms with Crippen molar-refractivity contribution in [1.82, 2.24) is 20.6 Å². The van der Waals surface area contributed by atoms with Crippen LogP contribution in [0.1, 0.15) is 23.8 Å². The second-order valence-corrected chi connectivity index (χ2v) is 4.27. The minimum atomic E-state index is -0.239. The first-order valence-electron chi connectivity index (χ1n) is 6.51. The summed E-state index contributed by atoms with van der Waals surface area (Å²) in [4.78, 5) is 11.9. The van der Waals surface area contributed by atoms with Crippen LogP contribution in [-0.2, 0) is 4.74 Å². The van der Waals surface area contributed by atoms with Gasteiger partial charge in [-0.05, 0) is 18.6 Å². The number of rotatable bonds is 5. The Kier molecular flexibility index (Phi) is 5.05. The van der Waals surface area contributed by atoms with Gasteiger partial charge in [-0.15, -0.1) is 10.2 Å². The average molecular weight is 265 g/mol. The molecule has 2 N–H and O–H groups in total. The lowest BCUT2D eigenvalue weighted by Gasteiger charge is -2.26. The van der Waals surface area contributed by atoms with E-state index in [4.69, 9.17) is 4.74 Å². The molecule has 2 heterocycles. The van der Waals surface area contributed by atoms with Crippen molar-refractivity contribution in [2.24, 2.45) is 0 Å². The number of carbonyl (C=O) groups excluding carboxylic acids is 1. The van der Waals surface area contributed by atoms with Crippen molar-refractivity contribution < 1.29 is 9.53 Å². The van der Waals surface area contributed by atoms with Gasteiger partial charge in [-0.25, -0.2) is 5.01 Å². The van der Waals surface area contributed by atoms with E-state index in [1.54, 1.807) is 12.1 Å². The number of morpholine rings is 1. The largest absolute Gasteiger partial charge is 0.379 e. The molecule has 104 valence electrons. The van der Waals surface area contributed by atoms with Crippen LogP contribution in [0.5, 0.6) is 0 Å². The van der Waals surface area contributed by atoms with Crippen LogP contribution in [0, 0.1) is 0 Å². The molecule has 1 aromatic rings. The highest BCUT2D eigenvalue weighted by Crippen LogP contribution is 2.02. The number of nitrogens with zero attached hydrogens (tertiary/aromatic N) is 3. The van der Waals surface area contributed by atoms with Crippen LogP contribution in [0.4, 0.5) is 5.82 Å². The molecule has 0 radical (unpaired) electrons. The summed E-state index contributed by atoms with van der Waals surface area (Å²) >= 11 is 0. The van der Waals surface area contributed by atoms with E-state index >= 15 is 0 Å². The number of hydrazine groups is 1. The molecule has 0 spiro atoms. The molecule has 0 unspecified atom stereocenters. The number of hydrogen-bond donors (Lipinski definition) is 2. The Balaban J connectivity index is 1.87. The van der Waals surface area contributed by atoms with Crippen molar-refractivity contribution in [3.05, 3.63) is 17.8 Å². The second-order valence-electron chi connectivity index (χ2n) is 4.27. The van der Waals surface area contributed by atoms with Gasteiger partial charge in [0.05, 0.1) is 13.2 Å². The van der Waals surface area contributed by atoms with Crippen LogP contribution in [0.2, 0.25) is 0 Å². The highest BCUT2D eigenvalue weighted by molar-refractivity contribution is 5.91. The maximum atomic E-state index is 11.9. The fourth-order valence-corrected chi connectivity index (χ4v) is 1.68. The number of amides is 1. The van der Waals surface area contributed by atoms with E-state index in [2.05, 4.69) is 27.9 Å². The number of nitrogens with one attached hydrogen (secondary N) is 2. The number of aromatic nitrogens is 2. The molecule has 1 amide bonds. The number of hydrogen-bond acceptors (Lipinski definition) is 6. The fourth-order valence-electron chi connectivity index (χ4n) is 1.68. The first-order chi connectivity index (χ1) is 9.29. The summed E-state index contributed by atoms with van der Waals surface area (Å²) in [7, 11) is 0. The zero-order valence-electron chi connectivity index (χ0n) is 11.1. The molecule has 0 saturated carbocycles. The van der Waals surface area contributed by atoms with Crippen LogP contribution >= 0.6 is 0 Å². The lowest BCUT2D eigenvalue weighted by molar-refractivity contribution is 0.0124. The molecule has 0 bridgehead atoms. The molecule has 1 fully saturated rings. The van der Waals surface area contributed by atoms with Crippen molar-refractivity contribution in [1.29, 1.82) is 0 Å². The van der Waals surface area contributed by atoms with Gasteiger partial charge in [-0.2, -0.15) is 0 Å². The van der Waals surface area contributed by atoms with Gasteiger partial charge in [-0.3, -0.25) is 10.2 Å². The zero-order chi connectivity index (χ0) is 13.5. The number of carbonyl (C=O) groups is 1. The molecule has 1 saturated heterocycles. The van der Waals surface area contributed by atoms with Gasteiger partial charge in [0.15, 0.2) is 5.69 Å². The molecule has 0 aliphatic carbocycles. The topological polar surface area (TPSA) is 79.4 Å². The summed E-state index contributed by atoms with van der Waals surface area (Å²) < 4.78 is 5.21. The van der Waals surface area contributed by atoms with Crippen LogP contribution in [0.25, 0.3) is 0 Å². The summed E-state index contributed by atoms with van der Waals surface area (Å²) in [5.41, 5.74) is 3.10. The number of anilines is 1. The molecule has 1 aliphatic rings. The van der Waals surface area contributed by atoms with E-state index in [0.717, 1.165) is 13.0 Å². The van der Waals surface area contributed by atoms with Crippen LogP contribution in [-0.4, -0.2) is 54.0 Å². The Morgan fingerprint density at radius 2 is 2.16 bits per heavy atom. The third-order valence-electron chi connectivity index (χ3n) is 2.72. The average Bonchev–Trinajstić information content (AvgIpc) is 2.46. The van der Waals surface area contributed by atoms with Crippen molar-refractivity contribution in [3.63, 3.8) is 0 Å². The van der Waals surface area contributed by atoms with Gasteiger partial charge in [0.1, 0.15) is 5.82 Å². The minimum Gasteiger partial charge on any atom is -0.379 e. The molecular weight excluding hydrogens is 246 g/mol. The van der Waals surface area contributed by atoms with Crippen molar-refractivity contribution in [3.8, 4) is 0 Å². The van der Waals surface area contributed by atoms with Gasteiger partial charge in [0.2, 0.25) is 0 Å². The Bertz CT molecular complexity index is 403. The van der Waals surface area contributed by atoms with E-state index in [-0.39, 0.29) is 5.91 Å². The summed E-state index contributed by atoms with van der Waals surface area (Å²) in [6.07, 6.45) is 1.01. The predicted octanol–water partition coefficient (Wildman–Crippen LogP) is 0.276.